The van der Waals surface area contributed by atoms with Gasteiger partial charge in [0.2, 0.25) is 0 Å². The molecule has 2 rings (SSSR count). The number of hydrogen-bond donors (Lipinski definition) is 0. The lowest BCUT2D eigenvalue weighted by molar-refractivity contribution is -0.157. The van der Waals surface area contributed by atoms with E-state index >= 15 is 0 Å². The van der Waals surface area contributed by atoms with E-state index in [0.717, 1.165) is 37.5 Å². The maximum atomic E-state index is 12.0. The van der Waals surface area contributed by atoms with E-state index in [4.69, 9.17) is 4.74 Å². The van der Waals surface area contributed by atoms with Crippen LogP contribution in [0.5, 0.6) is 0 Å². The molecule has 0 aromatic carbocycles. The van der Waals surface area contributed by atoms with Crippen LogP contribution in [0.25, 0.3) is 0 Å². The lowest BCUT2D eigenvalue weighted by atomic mass is 9.83. The van der Waals surface area contributed by atoms with Crippen molar-refractivity contribution in [3.8, 4) is 0 Å². The van der Waals surface area contributed by atoms with Crippen molar-refractivity contribution >= 4 is 5.97 Å². The molecule has 2 fully saturated rings. The van der Waals surface area contributed by atoms with Crippen LogP contribution in [-0.4, -0.2) is 12.1 Å². The fraction of sp³-hybridized carbons (Fsp3) is 0.933. The molecule has 0 aromatic heterocycles. The van der Waals surface area contributed by atoms with E-state index in [2.05, 4.69) is 13.8 Å². The zero-order chi connectivity index (χ0) is 12.3. The Hall–Kier alpha value is -0.530. The Morgan fingerprint density at radius 2 is 1.35 bits per heavy atom. The van der Waals surface area contributed by atoms with E-state index in [0.29, 0.717) is 0 Å². The summed E-state index contributed by atoms with van der Waals surface area (Å²) in [5.74, 6) is 1.91. The summed E-state index contributed by atoms with van der Waals surface area (Å²) >= 11 is 0. The molecule has 2 nitrogen and oxygen atoms in total. The molecule has 0 aliphatic heterocycles. The van der Waals surface area contributed by atoms with Crippen molar-refractivity contribution in [2.75, 3.05) is 0 Å². The molecular formula is C15H30O2. The topological polar surface area (TPSA) is 26.3 Å². The molecule has 17 heavy (non-hydrogen) atoms. The van der Waals surface area contributed by atoms with Gasteiger partial charge in [-0.2, -0.15) is 0 Å². The van der Waals surface area contributed by atoms with Gasteiger partial charge in [0.15, 0.2) is 0 Å². The van der Waals surface area contributed by atoms with Crippen LogP contribution < -0.4 is 0 Å². The van der Waals surface area contributed by atoms with E-state index < -0.39 is 0 Å². The predicted molar refractivity (Wildman–Crippen MR) is 72.9 cm³/mol. The van der Waals surface area contributed by atoms with Crippen LogP contribution in [0.1, 0.15) is 68.1 Å². The predicted octanol–water partition coefficient (Wildman–Crippen LogP) is 4.43. The van der Waals surface area contributed by atoms with E-state index in [1.54, 1.807) is 0 Å². The number of esters is 1. The van der Waals surface area contributed by atoms with Gasteiger partial charge in [0, 0.05) is 2.85 Å². The molecule has 0 aromatic rings. The van der Waals surface area contributed by atoms with Crippen molar-refractivity contribution < 1.29 is 12.4 Å². The van der Waals surface area contributed by atoms with E-state index in [1.807, 2.05) is 0 Å². The molecule has 0 amide bonds. The highest BCUT2D eigenvalue weighted by Gasteiger charge is 2.28. The van der Waals surface area contributed by atoms with Crippen LogP contribution in [0, 0.1) is 17.8 Å². The lowest BCUT2D eigenvalue weighted by Gasteiger charge is -2.29. The Kier molecular flexibility index (Phi) is 4.47. The molecule has 2 saturated carbocycles. The fourth-order valence-electron chi connectivity index (χ4n) is 3.10. The smallest absolute Gasteiger partial charge is 0.309 e. The van der Waals surface area contributed by atoms with Crippen molar-refractivity contribution in [3.05, 3.63) is 0 Å². The van der Waals surface area contributed by atoms with Crippen molar-refractivity contribution in [1.82, 2.24) is 0 Å². The maximum Gasteiger partial charge on any atom is 0.309 e. The molecule has 2 heteroatoms. The summed E-state index contributed by atoms with van der Waals surface area (Å²) in [6.45, 7) is 4.57. The summed E-state index contributed by atoms with van der Waals surface area (Å²) < 4.78 is 5.68. The third-order valence-corrected chi connectivity index (χ3v) is 4.59. The Morgan fingerprint density at radius 3 is 1.88 bits per heavy atom. The second-order valence-corrected chi connectivity index (χ2v) is 6.28. The average Bonchev–Trinajstić information content (AvgIpc) is 2.33. The van der Waals surface area contributed by atoms with Gasteiger partial charge in [-0.25, -0.2) is 0 Å². The number of carbonyl (C=O) groups is 1. The number of hydrogen-bond acceptors (Lipinski definition) is 2. The van der Waals surface area contributed by atoms with Gasteiger partial charge in [0.05, 0.1) is 5.92 Å². The SMILES string of the molecule is CC1CCC(OC(=O)C2CCC(C)CC2)CC1.[HH].[HH]. The van der Waals surface area contributed by atoms with Crippen molar-refractivity contribution in [2.24, 2.45) is 17.8 Å². The largest absolute Gasteiger partial charge is 0.462 e. The summed E-state index contributed by atoms with van der Waals surface area (Å²) in [6, 6.07) is 0. The van der Waals surface area contributed by atoms with Crippen LogP contribution in [-0.2, 0) is 9.53 Å². The zero-order valence-corrected chi connectivity index (χ0v) is 11.3. The quantitative estimate of drug-likeness (QED) is 0.670. The van der Waals surface area contributed by atoms with Crippen molar-refractivity contribution in [1.29, 1.82) is 0 Å². The molecule has 0 atom stereocenters. The van der Waals surface area contributed by atoms with Crippen LogP contribution in [0.2, 0.25) is 0 Å². The highest BCUT2D eigenvalue weighted by atomic mass is 16.5. The van der Waals surface area contributed by atoms with E-state index in [9.17, 15) is 4.79 Å². The van der Waals surface area contributed by atoms with Gasteiger partial charge in [0.25, 0.3) is 0 Å². The highest BCUT2D eigenvalue weighted by molar-refractivity contribution is 5.72. The first-order valence-electron chi connectivity index (χ1n) is 7.35. The molecule has 102 valence electrons. The second-order valence-electron chi connectivity index (χ2n) is 6.28. The third kappa shape index (κ3) is 3.72. The van der Waals surface area contributed by atoms with Gasteiger partial charge in [-0.15, -0.1) is 0 Å². The maximum absolute atomic E-state index is 12.0. The summed E-state index contributed by atoms with van der Waals surface area (Å²) in [6.07, 6.45) is 9.30. The van der Waals surface area contributed by atoms with Gasteiger partial charge in [0.1, 0.15) is 6.10 Å². The van der Waals surface area contributed by atoms with Crippen LogP contribution in [0.4, 0.5) is 0 Å². The molecule has 0 saturated heterocycles. The first kappa shape index (κ1) is 12.9. The van der Waals surface area contributed by atoms with E-state index in [1.165, 1.54) is 25.7 Å². The third-order valence-electron chi connectivity index (χ3n) is 4.59. The highest BCUT2D eigenvalue weighted by Crippen LogP contribution is 2.31. The minimum atomic E-state index is 0. The molecule has 2 aliphatic carbocycles. The van der Waals surface area contributed by atoms with Crippen LogP contribution in [0.15, 0.2) is 0 Å². The van der Waals surface area contributed by atoms with E-state index in [-0.39, 0.29) is 20.8 Å². The van der Waals surface area contributed by atoms with Gasteiger partial charge < -0.3 is 4.74 Å². The normalized spacial score (nSPS) is 38.7. The zero-order valence-electron chi connectivity index (χ0n) is 11.3. The molecule has 0 unspecified atom stereocenters. The molecule has 0 radical (unpaired) electrons. The molecule has 0 N–H and O–H groups in total. The molecule has 0 spiro atoms. The first-order chi connectivity index (χ1) is 8.15. The second kappa shape index (κ2) is 5.88. The standard InChI is InChI=1S/C15H26O2.2H2/c1-11-3-7-13(8-4-11)15(16)17-14-9-5-12(2)6-10-14;;/h11-14H,3-10H2,1-2H3;2*1H. The summed E-state index contributed by atoms with van der Waals surface area (Å²) in [5.41, 5.74) is 0. The van der Waals surface area contributed by atoms with Crippen LogP contribution >= 0.6 is 0 Å². The number of rotatable bonds is 2. The molecule has 2 aliphatic rings. The fourth-order valence-corrected chi connectivity index (χ4v) is 3.10. The van der Waals surface area contributed by atoms with Gasteiger partial charge in [-0.3, -0.25) is 4.79 Å². The molecular weight excluding hydrogens is 212 g/mol. The lowest BCUT2D eigenvalue weighted by Crippen LogP contribution is -2.29. The summed E-state index contributed by atoms with van der Waals surface area (Å²) in [5, 5.41) is 0. The van der Waals surface area contributed by atoms with Gasteiger partial charge >= 0.3 is 5.97 Å². The minimum absolute atomic E-state index is 0. The van der Waals surface area contributed by atoms with Crippen LogP contribution in [0.3, 0.4) is 0 Å². The minimum Gasteiger partial charge on any atom is -0.462 e. The van der Waals surface area contributed by atoms with Gasteiger partial charge in [-0.05, 0) is 63.2 Å². The Labute approximate surface area is 108 Å². The Bertz CT molecular complexity index is 255. The van der Waals surface area contributed by atoms with Gasteiger partial charge in [-0.1, -0.05) is 13.8 Å². The monoisotopic (exact) mass is 242 g/mol. The molecule has 0 bridgehead atoms. The number of carbonyl (C=O) groups excluding carboxylic acids is 1. The average molecular weight is 242 g/mol. The Balaban J connectivity index is 0.00000162. The van der Waals surface area contributed by atoms with Crippen molar-refractivity contribution in [2.45, 2.75) is 71.3 Å². The molecule has 0 heterocycles. The summed E-state index contributed by atoms with van der Waals surface area (Å²) in [7, 11) is 0. The van der Waals surface area contributed by atoms with Crippen molar-refractivity contribution in [3.63, 3.8) is 0 Å². The first-order valence-corrected chi connectivity index (χ1v) is 7.35. The number of ether oxygens (including phenoxy) is 1. The summed E-state index contributed by atoms with van der Waals surface area (Å²) in [4.78, 5) is 12.0. The Morgan fingerprint density at radius 1 is 0.882 bits per heavy atom.